The van der Waals surface area contributed by atoms with Crippen LogP contribution >= 0.6 is 11.3 Å². The molecule has 0 saturated carbocycles. The Kier molecular flexibility index (Phi) is 3.94. The molecule has 3 rings (SSSR count). The van der Waals surface area contributed by atoms with Crippen LogP contribution in [0.5, 0.6) is 5.75 Å². The highest BCUT2D eigenvalue weighted by Crippen LogP contribution is 2.30. The molecule has 0 unspecified atom stereocenters. The van der Waals surface area contributed by atoms with Crippen molar-refractivity contribution in [1.29, 1.82) is 0 Å². The predicted octanol–water partition coefficient (Wildman–Crippen LogP) is 4.06. The van der Waals surface area contributed by atoms with Crippen LogP contribution in [-0.2, 0) is 6.54 Å². The smallest absolute Gasteiger partial charge is 0.176 e. The number of methoxy groups -OCH3 is 1. The van der Waals surface area contributed by atoms with Crippen molar-refractivity contribution in [2.75, 3.05) is 7.11 Å². The quantitative estimate of drug-likeness (QED) is 0.772. The van der Waals surface area contributed by atoms with Crippen LogP contribution in [0.4, 0.5) is 0 Å². The standard InChI is InChI=1S/C16H18N2O2S/c1-10(17-8-13-9-21-11(2)18-13)15-7-12-5-4-6-14(19-3)16(12)20-15/h4-7,9-10,17H,8H2,1-3H3/t10-/m0/s1. The maximum atomic E-state index is 5.94. The Labute approximate surface area is 127 Å². The van der Waals surface area contributed by atoms with Crippen molar-refractivity contribution >= 4 is 22.3 Å². The molecule has 21 heavy (non-hydrogen) atoms. The lowest BCUT2D eigenvalue weighted by atomic mass is 10.2. The Morgan fingerprint density at radius 1 is 1.43 bits per heavy atom. The number of benzene rings is 1. The van der Waals surface area contributed by atoms with E-state index in [1.165, 1.54) is 0 Å². The van der Waals surface area contributed by atoms with E-state index in [4.69, 9.17) is 9.15 Å². The summed E-state index contributed by atoms with van der Waals surface area (Å²) < 4.78 is 11.3. The SMILES string of the molecule is COc1cccc2cc([C@H](C)NCc3csc(C)n3)oc12. The van der Waals surface area contributed by atoms with E-state index in [0.717, 1.165) is 39.7 Å². The zero-order valence-electron chi connectivity index (χ0n) is 12.3. The van der Waals surface area contributed by atoms with Gasteiger partial charge in [0.05, 0.1) is 23.9 Å². The molecule has 2 aromatic heterocycles. The van der Waals surface area contributed by atoms with Gasteiger partial charge in [0.1, 0.15) is 5.76 Å². The van der Waals surface area contributed by atoms with E-state index >= 15 is 0 Å². The summed E-state index contributed by atoms with van der Waals surface area (Å²) in [7, 11) is 1.66. The fourth-order valence-electron chi connectivity index (χ4n) is 2.28. The van der Waals surface area contributed by atoms with Crippen molar-refractivity contribution in [3.05, 3.63) is 46.1 Å². The van der Waals surface area contributed by atoms with Gasteiger partial charge in [0.2, 0.25) is 0 Å². The van der Waals surface area contributed by atoms with E-state index in [9.17, 15) is 0 Å². The van der Waals surface area contributed by atoms with Crippen LogP contribution in [0.1, 0.15) is 29.4 Å². The van der Waals surface area contributed by atoms with Crippen LogP contribution in [0.2, 0.25) is 0 Å². The molecule has 0 aliphatic carbocycles. The number of hydrogen-bond donors (Lipinski definition) is 1. The molecule has 0 radical (unpaired) electrons. The fraction of sp³-hybridized carbons (Fsp3) is 0.312. The number of ether oxygens (including phenoxy) is 1. The van der Waals surface area contributed by atoms with Gasteiger partial charge in [0.25, 0.3) is 0 Å². The van der Waals surface area contributed by atoms with Crippen molar-refractivity contribution in [2.24, 2.45) is 0 Å². The first-order chi connectivity index (χ1) is 10.2. The van der Waals surface area contributed by atoms with E-state index in [-0.39, 0.29) is 6.04 Å². The third kappa shape index (κ3) is 2.94. The summed E-state index contributed by atoms with van der Waals surface area (Å²) in [5.41, 5.74) is 1.87. The number of thiazole rings is 1. The van der Waals surface area contributed by atoms with E-state index in [1.54, 1.807) is 18.4 Å². The highest BCUT2D eigenvalue weighted by molar-refractivity contribution is 7.09. The molecule has 0 spiro atoms. The number of hydrogen-bond acceptors (Lipinski definition) is 5. The molecule has 5 heteroatoms. The molecule has 0 saturated heterocycles. The third-order valence-electron chi connectivity index (χ3n) is 3.43. The molecule has 1 aromatic carbocycles. The summed E-state index contributed by atoms with van der Waals surface area (Å²) in [6.45, 7) is 4.84. The number of nitrogens with zero attached hydrogens (tertiary/aromatic N) is 1. The first-order valence-corrected chi connectivity index (χ1v) is 7.76. The van der Waals surface area contributed by atoms with Crippen molar-refractivity contribution in [1.82, 2.24) is 10.3 Å². The van der Waals surface area contributed by atoms with E-state index in [0.29, 0.717) is 0 Å². The van der Waals surface area contributed by atoms with Crippen LogP contribution in [0.3, 0.4) is 0 Å². The van der Waals surface area contributed by atoms with Crippen molar-refractivity contribution in [2.45, 2.75) is 26.4 Å². The minimum absolute atomic E-state index is 0.115. The molecular formula is C16H18N2O2S. The molecule has 4 nitrogen and oxygen atoms in total. The summed E-state index contributed by atoms with van der Waals surface area (Å²) in [6, 6.07) is 8.08. The number of nitrogens with one attached hydrogen (secondary N) is 1. The van der Waals surface area contributed by atoms with Gasteiger partial charge in [-0.05, 0) is 26.0 Å². The van der Waals surface area contributed by atoms with Gasteiger partial charge in [-0.2, -0.15) is 0 Å². The zero-order chi connectivity index (χ0) is 14.8. The first kappa shape index (κ1) is 14.1. The van der Waals surface area contributed by atoms with Gasteiger partial charge in [-0.15, -0.1) is 11.3 Å². The maximum Gasteiger partial charge on any atom is 0.176 e. The molecule has 110 valence electrons. The summed E-state index contributed by atoms with van der Waals surface area (Å²) in [5, 5.41) is 7.67. The second-order valence-electron chi connectivity index (χ2n) is 4.99. The van der Waals surface area contributed by atoms with Gasteiger partial charge < -0.3 is 14.5 Å². The van der Waals surface area contributed by atoms with Crippen molar-refractivity contribution in [3.8, 4) is 5.75 Å². The Bertz CT molecular complexity index is 748. The molecule has 3 aromatic rings. The van der Waals surface area contributed by atoms with Crippen LogP contribution in [0.15, 0.2) is 34.1 Å². The second kappa shape index (κ2) is 5.87. The number of furan rings is 1. The highest BCUT2D eigenvalue weighted by Gasteiger charge is 2.14. The molecule has 0 amide bonds. The first-order valence-electron chi connectivity index (χ1n) is 6.88. The van der Waals surface area contributed by atoms with Gasteiger partial charge in [-0.25, -0.2) is 4.98 Å². The Morgan fingerprint density at radius 3 is 3.00 bits per heavy atom. The van der Waals surface area contributed by atoms with Crippen LogP contribution in [-0.4, -0.2) is 12.1 Å². The van der Waals surface area contributed by atoms with Crippen LogP contribution in [0, 0.1) is 6.92 Å². The van der Waals surface area contributed by atoms with Gasteiger partial charge in [-0.3, -0.25) is 0 Å². The number of fused-ring (bicyclic) bond motifs is 1. The van der Waals surface area contributed by atoms with Crippen LogP contribution < -0.4 is 10.1 Å². The zero-order valence-corrected chi connectivity index (χ0v) is 13.2. The number of para-hydroxylation sites is 1. The predicted molar refractivity (Wildman–Crippen MR) is 84.9 cm³/mol. The molecule has 0 aliphatic heterocycles. The monoisotopic (exact) mass is 302 g/mol. The lowest BCUT2D eigenvalue weighted by molar-refractivity contribution is 0.399. The topological polar surface area (TPSA) is 47.3 Å². The molecule has 2 heterocycles. The summed E-state index contributed by atoms with van der Waals surface area (Å²) in [5.74, 6) is 1.67. The van der Waals surface area contributed by atoms with E-state index < -0.39 is 0 Å². The average molecular weight is 302 g/mol. The van der Waals surface area contributed by atoms with Gasteiger partial charge >= 0.3 is 0 Å². The number of aryl methyl sites for hydroxylation is 1. The van der Waals surface area contributed by atoms with Crippen molar-refractivity contribution in [3.63, 3.8) is 0 Å². The second-order valence-corrected chi connectivity index (χ2v) is 6.05. The van der Waals surface area contributed by atoms with Crippen molar-refractivity contribution < 1.29 is 9.15 Å². The normalized spacial score (nSPS) is 12.7. The Morgan fingerprint density at radius 2 is 2.29 bits per heavy atom. The fourth-order valence-corrected chi connectivity index (χ4v) is 2.89. The van der Waals surface area contributed by atoms with Crippen LogP contribution in [0.25, 0.3) is 11.0 Å². The number of aromatic nitrogens is 1. The maximum absolute atomic E-state index is 5.94. The lowest BCUT2D eigenvalue weighted by Gasteiger charge is -2.09. The minimum Gasteiger partial charge on any atom is -0.493 e. The summed E-state index contributed by atoms with van der Waals surface area (Å²) in [4.78, 5) is 4.45. The molecule has 1 N–H and O–H groups in total. The lowest BCUT2D eigenvalue weighted by Crippen LogP contribution is -2.17. The molecule has 0 fully saturated rings. The molecular weight excluding hydrogens is 284 g/mol. The highest BCUT2D eigenvalue weighted by atomic mass is 32.1. The molecule has 0 bridgehead atoms. The average Bonchev–Trinajstić information content (AvgIpc) is 3.10. The summed E-state index contributed by atoms with van der Waals surface area (Å²) in [6.07, 6.45) is 0. The summed E-state index contributed by atoms with van der Waals surface area (Å²) >= 11 is 1.67. The molecule has 1 atom stereocenters. The van der Waals surface area contributed by atoms with Gasteiger partial charge in [-0.1, -0.05) is 12.1 Å². The largest absolute Gasteiger partial charge is 0.493 e. The Balaban J connectivity index is 1.76. The van der Waals surface area contributed by atoms with E-state index in [1.807, 2.05) is 25.1 Å². The van der Waals surface area contributed by atoms with Gasteiger partial charge in [0.15, 0.2) is 11.3 Å². The Hall–Kier alpha value is -1.85. The minimum atomic E-state index is 0.115. The third-order valence-corrected chi connectivity index (χ3v) is 4.25. The van der Waals surface area contributed by atoms with E-state index in [2.05, 4.69) is 28.7 Å². The number of rotatable bonds is 5. The van der Waals surface area contributed by atoms with Gasteiger partial charge in [0, 0.05) is 17.3 Å². The molecule has 0 aliphatic rings.